The summed E-state index contributed by atoms with van der Waals surface area (Å²) in [6, 6.07) is 2.34. The molecule has 1 unspecified atom stereocenters. The maximum absolute atomic E-state index is 5.88. The van der Waals surface area contributed by atoms with Gasteiger partial charge in [-0.15, -0.1) is 0 Å². The van der Waals surface area contributed by atoms with Crippen LogP contribution in [0.15, 0.2) is 28.9 Å². The normalized spacial score (nSPS) is 13.1. The fourth-order valence-corrected chi connectivity index (χ4v) is 4.59. The van der Waals surface area contributed by atoms with Crippen molar-refractivity contribution in [3.05, 3.63) is 30.0 Å². The third-order valence-corrected chi connectivity index (χ3v) is 7.29. The molecule has 0 saturated heterocycles. The van der Waals surface area contributed by atoms with Crippen molar-refractivity contribution in [3.8, 4) is 0 Å². The maximum Gasteiger partial charge on any atom is 0.123 e. The summed E-state index contributed by atoms with van der Waals surface area (Å²) in [6.07, 6.45) is 18.0. The first kappa shape index (κ1) is 23.3. The van der Waals surface area contributed by atoms with Crippen molar-refractivity contribution in [3.63, 3.8) is 0 Å². The van der Waals surface area contributed by atoms with E-state index >= 15 is 0 Å². The summed E-state index contributed by atoms with van der Waals surface area (Å²) >= 11 is 0. The Bertz CT molecular complexity index is 495. The zero-order valence-electron chi connectivity index (χ0n) is 18.3. The Balaban J connectivity index is 2.22. The second kappa shape index (κ2) is 12.6. The summed E-state index contributed by atoms with van der Waals surface area (Å²) in [5, 5.41) is 1.24. The van der Waals surface area contributed by atoms with E-state index < -0.39 is 8.07 Å². The molecule has 0 aliphatic carbocycles. The van der Waals surface area contributed by atoms with Gasteiger partial charge in [0.05, 0.1) is 11.6 Å². The van der Waals surface area contributed by atoms with Crippen molar-refractivity contribution in [2.45, 2.75) is 116 Å². The first-order chi connectivity index (χ1) is 12.4. The third kappa shape index (κ3) is 9.25. The molecule has 0 fully saturated rings. The lowest BCUT2D eigenvalue weighted by atomic mass is 9.91. The number of hydrogen-bond donors (Lipinski definition) is 0. The molecule has 0 amide bonds. The third-order valence-electron chi connectivity index (χ3n) is 5.55. The zero-order chi connectivity index (χ0) is 19.4. The fourth-order valence-electron chi connectivity index (χ4n) is 3.58. The SMILES string of the molecule is C=C(CCCCCCCCCC)CCC(CC)c1coc([Si](C)(C)C)c1. The second-order valence-electron chi connectivity index (χ2n) is 9.11. The summed E-state index contributed by atoms with van der Waals surface area (Å²) < 4.78 is 5.88. The molecule has 0 N–H and O–H groups in total. The van der Waals surface area contributed by atoms with Gasteiger partial charge in [0.2, 0.25) is 0 Å². The van der Waals surface area contributed by atoms with Gasteiger partial charge in [-0.05, 0) is 49.7 Å². The molecule has 1 aromatic rings. The lowest BCUT2D eigenvalue weighted by Crippen LogP contribution is -2.36. The molecule has 150 valence electrons. The molecule has 2 heteroatoms. The lowest BCUT2D eigenvalue weighted by molar-refractivity contribution is 0.552. The highest BCUT2D eigenvalue weighted by molar-refractivity contribution is 6.87. The van der Waals surface area contributed by atoms with Gasteiger partial charge in [-0.25, -0.2) is 0 Å². The molecule has 1 rings (SSSR count). The van der Waals surface area contributed by atoms with Gasteiger partial charge in [-0.1, -0.05) is 90.6 Å². The Kier molecular flexibility index (Phi) is 11.3. The molecule has 1 atom stereocenters. The fraction of sp³-hybridized carbons (Fsp3) is 0.750. The van der Waals surface area contributed by atoms with Gasteiger partial charge in [-0.2, -0.15) is 0 Å². The maximum atomic E-state index is 5.88. The molecule has 0 saturated carbocycles. The molecule has 1 nitrogen and oxygen atoms in total. The number of hydrogen-bond acceptors (Lipinski definition) is 1. The summed E-state index contributed by atoms with van der Waals surface area (Å²) in [5.74, 6) is 0.624. The highest BCUT2D eigenvalue weighted by Crippen LogP contribution is 2.28. The first-order valence-corrected chi connectivity index (χ1v) is 14.6. The average molecular weight is 377 g/mol. The van der Waals surface area contributed by atoms with Crippen LogP contribution in [0, 0.1) is 0 Å². The van der Waals surface area contributed by atoms with Gasteiger partial charge < -0.3 is 4.42 Å². The van der Waals surface area contributed by atoms with Gasteiger partial charge in [0.15, 0.2) is 0 Å². The highest BCUT2D eigenvalue weighted by atomic mass is 28.3. The van der Waals surface area contributed by atoms with Gasteiger partial charge >= 0.3 is 0 Å². The van der Waals surface area contributed by atoms with Gasteiger partial charge in [-0.3, -0.25) is 0 Å². The van der Waals surface area contributed by atoms with Crippen molar-refractivity contribution in [2.75, 3.05) is 0 Å². The zero-order valence-corrected chi connectivity index (χ0v) is 19.3. The van der Waals surface area contributed by atoms with Crippen molar-refractivity contribution in [2.24, 2.45) is 0 Å². The molecule has 1 aromatic heterocycles. The van der Waals surface area contributed by atoms with E-state index in [4.69, 9.17) is 4.42 Å². The Morgan fingerprint density at radius 3 is 2.12 bits per heavy atom. The van der Waals surface area contributed by atoms with Gasteiger partial charge in [0, 0.05) is 0 Å². The molecule has 0 radical (unpaired) electrons. The standard InChI is InChI=1S/C24H44OSi/c1-7-9-10-11-12-13-14-15-16-21(3)17-18-22(8-2)23-19-24(25-20-23)26(4,5)6/h19-20,22H,3,7-18H2,1-2,4-6H3. The van der Waals surface area contributed by atoms with Crippen LogP contribution in [-0.2, 0) is 0 Å². The van der Waals surface area contributed by atoms with Crippen LogP contribution in [0.3, 0.4) is 0 Å². The minimum Gasteiger partial charge on any atom is -0.474 e. The van der Waals surface area contributed by atoms with Crippen molar-refractivity contribution >= 4 is 13.5 Å². The molecular formula is C24H44OSi. The largest absolute Gasteiger partial charge is 0.474 e. The van der Waals surface area contributed by atoms with Crippen molar-refractivity contribution in [1.82, 2.24) is 0 Å². The summed E-state index contributed by atoms with van der Waals surface area (Å²) in [5.41, 5.74) is 2.85. The highest BCUT2D eigenvalue weighted by Gasteiger charge is 2.22. The topological polar surface area (TPSA) is 13.1 Å². The van der Waals surface area contributed by atoms with E-state index in [0.717, 1.165) is 0 Å². The van der Waals surface area contributed by atoms with Crippen LogP contribution in [-0.4, -0.2) is 8.07 Å². The molecule has 1 heterocycles. The molecule has 26 heavy (non-hydrogen) atoms. The van der Waals surface area contributed by atoms with E-state index in [1.54, 1.807) is 0 Å². The predicted molar refractivity (Wildman–Crippen MR) is 120 cm³/mol. The summed E-state index contributed by atoms with van der Waals surface area (Å²) in [4.78, 5) is 0. The quantitative estimate of drug-likeness (QED) is 0.171. The van der Waals surface area contributed by atoms with Gasteiger partial charge in [0.25, 0.3) is 0 Å². The minimum atomic E-state index is -1.34. The molecule has 0 aliphatic rings. The monoisotopic (exact) mass is 376 g/mol. The van der Waals surface area contributed by atoms with Gasteiger partial charge in [0.1, 0.15) is 8.07 Å². The number of allylic oxidation sites excluding steroid dienone is 1. The van der Waals surface area contributed by atoms with E-state index in [0.29, 0.717) is 5.92 Å². The van der Waals surface area contributed by atoms with Crippen LogP contribution in [0.1, 0.15) is 102 Å². The number of furan rings is 1. The van der Waals surface area contributed by atoms with Crippen LogP contribution in [0.25, 0.3) is 0 Å². The molecule has 0 spiro atoms. The molecule has 0 aromatic carbocycles. The lowest BCUT2D eigenvalue weighted by Gasteiger charge is -2.14. The minimum absolute atomic E-state index is 0.624. The average Bonchev–Trinajstić information content (AvgIpc) is 3.08. The Morgan fingerprint density at radius 2 is 1.58 bits per heavy atom. The van der Waals surface area contributed by atoms with Crippen LogP contribution in [0.2, 0.25) is 19.6 Å². The molecule has 0 aliphatic heterocycles. The van der Waals surface area contributed by atoms with Crippen molar-refractivity contribution in [1.29, 1.82) is 0 Å². The second-order valence-corrected chi connectivity index (χ2v) is 14.1. The van der Waals surface area contributed by atoms with E-state index in [1.165, 1.54) is 93.6 Å². The van der Waals surface area contributed by atoms with E-state index in [2.05, 4.69) is 46.1 Å². The summed E-state index contributed by atoms with van der Waals surface area (Å²) in [6.45, 7) is 16.0. The van der Waals surface area contributed by atoms with Crippen LogP contribution in [0.5, 0.6) is 0 Å². The Labute approximate surface area is 164 Å². The predicted octanol–water partition coefficient (Wildman–Crippen LogP) is 8.19. The van der Waals surface area contributed by atoms with E-state index in [9.17, 15) is 0 Å². The number of unbranched alkanes of at least 4 members (excludes halogenated alkanes) is 7. The van der Waals surface area contributed by atoms with Crippen LogP contribution in [0.4, 0.5) is 0 Å². The van der Waals surface area contributed by atoms with Crippen LogP contribution < -0.4 is 5.38 Å². The van der Waals surface area contributed by atoms with Crippen LogP contribution >= 0.6 is 0 Å². The molecular weight excluding hydrogens is 332 g/mol. The van der Waals surface area contributed by atoms with E-state index in [1.807, 2.05) is 6.26 Å². The summed E-state index contributed by atoms with van der Waals surface area (Å²) in [7, 11) is -1.34. The smallest absolute Gasteiger partial charge is 0.123 e. The Morgan fingerprint density at radius 1 is 0.962 bits per heavy atom. The van der Waals surface area contributed by atoms with E-state index in [-0.39, 0.29) is 0 Å². The Hall–Kier alpha value is -0.763. The number of rotatable bonds is 15. The first-order valence-electron chi connectivity index (χ1n) is 11.1. The molecule has 0 bridgehead atoms. The van der Waals surface area contributed by atoms with Crippen molar-refractivity contribution < 1.29 is 4.42 Å².